The maximum atomic E-state index is 5.56. The molecule has 2 aliphatic rings. The highest BCUT2D eigenvalue weighted by molar-refractivity contribution is 14.0. The van der Waals surface area contributed by atoms with E-state index in [0.717, 1.165) is 64.6 Å². The van der Waals surface area contributed by atoms with Crippen LogP contribution in [0.5, 0.6) is 0 Å². The number of aliphatic imine (C=N–C) groups is 1. The summed E-state index contributed by atoms with van der Waals surface area (Å²) in [5.41, 5.74) is 3.26. The predicted octanol–water partition coefficient (Wildman–Crippen LogP) is 4.96. The van der Waals surface area contributed by atoms with E-state index in [1.165, 1.54) is 18.4 Å². The van der Waals surface area contributed by atoms with Gasteiger partial charge in [0.15, 0.2) is 5.96 Å². The Morgan fingerprint density at radius 1 is 1.18 bits per heavy atom. The van der Waals surface area contributed by atoms with Crippen LogP contribution >= 0.6 is 24.0 Å². The van der Waals surface area contributed by atoms with Gasteiger partial charge >= 0.3 is 0 Å². The van der Waals surface area contributed by atoms with Gasteiger partial charge in [-0.25, -0.2) is 0 Å². The number of hydrogen-bond acceptors (Lipinski definition) is 2. The number of nitrogens with zero attached hydrogens (tertiary/aromatic N) is 2. The van der Waals surface area contributed by atoms with E-state index in [4.69, 9.17) is 9.73 Å². The van der Waals surface area contributed by atoms with Crippen molar-refractivity contribution < 1.29 is 4.74 Å². The highest BCUT2D eigenvalue weighted by atomic mass is 127. The van der Waals surface area contributed by atoms with Gasteiger partial charge in [0.25, 0.3) is 0 Å². The Bertz CT molecular complexity index is 631. The van der Waals surface area contributed by atoms with Crippen LogP contribution in [0.25, 0.3) is 6.08 Å². The quantitative estimate of drug-likeness (QED) is 0.239. The van der Waals surface area contributed by atoms with Crippen molar-refractivity contribution in [2.24, 2.45) is 10.4 Å². The van der Waals surface area contributed by atoms with E-state index in [0.29, 0.717) is 5.41 Å². The lowest BCUT2D eigenvalue weighted by molar-refractivity contribution is 0.129. The van der Waals surface area contributed by atoms with Crippen LogP contribution in [0.4, 0.5) is 0 Å². The van der Waals surface area contributed by atoms with Crippen molar-refractivity contribution in [3.05, 3.63) is 41.5 Å². The van der Waals surface area contributed by atoms with Crippen LogP contribution in [0.2, 0.25) is 0 Å². The molecule has 2 fully saturated rings. The van der Waals surface area contributed by atoms with E-state index in [1.54, 1.807) is 5.57 Å². The SMILES string of the molecule is CCNC(=NCC1(CCOCC)CC1)N1CCC(=Cc2ccccc2)CC1.I. The van der Waals surface area contributed by atoms with Gasteiger partial charge in [0.2, 0.25) is 0 Å². The van der Waals surface area contributed by atoms with E-state index < -0.39 is 0 Å². The first kappa shape index (κ1) is 23.2. The molecule has 0 unspecified atom stereocenters. The summed E-state index contributed by atoms with van der Waals surface area (Å²) in [4.78, 5) is 7.45. The second-order valence-corrected chi connectivity index (χ2v) is 7.82. The van der Waals surface area contributed by atoms with Crippen LogP contribution in [-0.2, 0) is 4.74 Å². The molecule has 28 heavy (non-hydrogen) atoms. The molecule has 3 rings (SSSR count). The number of hydrogen-bond donors (Lipinski definition) is 1. The standard InChI is InChI=1S/C23H35N3O.HI/c1-3-24-22(25-19-23(12-13-23)14-17-27-4-2)26-15-10-21(11-16-26)18-20-8-6-5-7-9-20;/h5-9,18H,3-4,10-17,19H2,1-2H3,(H,24,25);1H. The zero-order valence-corrected chi connectivity index (χ0v) is 19.8. The lowest BCUT2D eigenvalue weighted by Crippen LogP contribution is -2.44. The van der Waals surface area contributed by atoms with Gasteiger partial charge in [0.05, 0.1) is 0 Å². The largest absolute Gasteiger partial charge is 0.382 e. The molecule has 0 radical (unpaired) electrons. The zero-order valence-electron chi connectivity index (χ0n) is 17.5. The Morgan fingerprint density at radius 2 is 1.89 bits per heavy atom. The normalized spacial score (nSPS) is 18.4. The van der Waals surface area contributed by atoms with Crippen molar-refractivity contribution in [2.75, 3.05) is 39.4 Å². The maximum absolute atomic E-state index is 5.56. The summed E-state index contributed by atoms with van der Waals surface area (Å²) in [5.74, 6) is 1.10. The molecule has 0 bridgehead atoms. The summed E-state index contributed by atoms with van der Waals surface area (Å²) in [6.45, 7) is 9.88. The highest BCUT2D eigenvalue weighted by Crippen LogP contribution is 2.49. The minimum atomic E-state index is 0. The van der Waals surface area contributed by atoms with Crippen molar-refractivity contribution in [1.82, 2.24) is 10.2 Å². The molecule has 0 aromatic heterocycles. The third kappa shape index (κ3) is 7.07. The Morgan fingerprint density at radius 3 is 2.50 bits per heavy atom. The topological polar surface area (TPSA) is 36.9 Å². The summed E-state index contributed by atoms with van der Waals surface area (Å²) in [5, 5.41) is 3.51. The molecule has 0 atom stereocenters. The Labute approximate surface area is 187 Å². The average molecular weight is 497 g/mol. The van der Waals surface area contributed by atoms with Crippen LogP contribution in [0, 0.1) is 5.41 Å². The number of nitrogens with one attached hydrogen (secondary N) is 1. The van der Waals surface area contributed by atoms with Gasteiger partial charge in [0.1, 0.15) is 0 Å². The maximum Gasteiger partial charge on any atom is 0.193 e. The summed E-state index contributed by atoms with van der Waals surface area (Å²) in [6.07, 6.45) is 8.34. The number of rotatable bonds is 8. The fourth-order valence-electron chi connectivity index (χ4n) is 3.70. The molecule has 1 aliphatic carbocycles. The van der Waals surface area contributed by atoms with Gasteiger partial charge in [-0.15, -0.1) is 24.0 Å². The number of piperidine rings is 1. The fourth-order valence-corrected chi connectivity index (χ4v) is 3.70. The van der Waals surface area contributed by atoms with Crippen LogP contribution < -0.4 is 5.32 Å². The summed E-state index contributed by atoms with van der Waals surface area (Å²) >= 11 is 0. The highest BCUT2D eigenvalue weighted by Gasteiger charge is 2.42. The molecule has 1 N–H and O–H groups in total. The average Bonchev–Trinajstić information content (AvgIpc) is 3.47. The molecular formula is C23H36IN3O. The molecule has 1 heterocycles. The minimum absolute atomic E-state index is 0. The van der Waals surface area contributed by atoms with Gasteiger partial charge in [0, 0.05) is 39.4 Å². The lowest BCUT2D eigenvalue weighted by Gasteiger charge is -2.32. The number of ether oxygens (including phenoxy) is 1. The second kappa shape index (κ2) is 11.8. The van der Waals surface area contributed by atoms with Crippen LogP contribution in [-0.4, -0.2) is 50.3 Å². The molecule has 1 aromatic carbocycles. The number of benzene rings is 1. The van der Waals surface area contributed by atoms with E-state index in [2.05, 4.69) is 60.5 Å². The van der Waals surface area contributed by atoms with Crippen LogP contribution in [0.3, 0.4) is 0 Å². The van der Waals surface area contributed by atoms with E-state index in [1.807, 2.05) is 0 Å². The molecule has 4 nitrogen and oxygen atoms in total. The number of likely N-dealkylation sites (tertiary alicyclic amines) is 1. The summed E-state index contributed by atoms with van der Waals surface area (Å²) in [7, 11) is 0. The first-order valence-electron chi connectivity index (χ1n) is 10.6. The molecule has 0 amide bonds. The summed E-state index contributed by atoms with van der Waals surface area (Å²) < 4.78 is 5.56. The first-order chi connectivity index (χ1) is 13.2. The van der Waals surface area contributed by atoms with Crippen molar-refractivity contribution in [2.45, 2.75) is 46.0 Å². The molecule has 1 aromatic rings. The van der Waals surface area contributed by atoms with Crippen LogP contribution in [0.15, 0.2) is 40.9 Å². The number of halogens is 1. The minimum Gasteiger partial charge on any atom is -0.382 e. The van der Waals surface area contributed by atoms with Crippen molar-refractivity contribution in [3.63, 3.8) is 0 Å². The molecular weight excluding hydrogens is 461 g/mol. The molecule has 5 heteroatoms. The Hall–Kier alpha value is -1.08. The van der Waals surface area contributed by atoms with Gasteiger partial charge < -0.3 is 15.0 Å². The van der Waals surface area contributed by atoms with Gasteiger partial charge in [-0.3, -0.25) is 4.99 Å². The van der Waals surface area contributed by atoms with Crippen molar-refractivity contribution in [1.29, 1.82) is 0 Å². The second-order valence-electron chi connectivity index (χ2n) is 7.82. The van der Waals surface area contributed by atoms with Crippen molar-refractivity contribution in [3.8, 4) is 0 Å². The van der Waals surface area contributed by atoms with E-state index in [9.17, 15) is 0 Å². The van der Waals surface area contributed by atoms with Crippen LogP contribution in [0.1, 0.15) is 51.5 Å². The molecule has 1 aliphatic heterocycles. The molecule has 1 saturated heterocycles. The molecule has 156 valence electrons. The molecule has 0 spiro atoms. The van der Waals surface area contributed by atoms with E-state index >= 15 is 0 Å². The van der Waals surface area contributed by atoms with Gasteiger partial charge in [-0.2, -0.15) is 0 Å². The van der Waals surface area contributed by atoms with Gasteiger partial charge in [-0.1, -0.05) is 42.0 Å². The lowest BCUT2D eigenvalue weighted by atomic mass is 10.0. The predicted molar refractivity (Wildman–Crippen MR) is 129 cm³/mol. The number of guanidine groups is 1. The Kier molecular flexibility index (Phi) is 9.79. The Balaban J connectivity index is 0.00000280. The monoisotopic (exact) mass is 497 g/mol. The fraction of sp³-hybridized carbons (Fsp3) is 0.609. The van der Waals surface area contributed by atoms with Crippen molar-refractivity contribution >= 4 is 36.0 Å². The first-order valence-corrected chi connectivity index (χ1v) is 10.6. The zero-order chi connectivity index (χ0) is 19.0. The smallest absolute Gasteiger partial charge is 0.193 e. The third-order valence-corrected chi connectivity index (χ3v) is 5.71. The third-order valence-electron chi connectivity index (χ3n) is 5.71. The van der Waals surface area contributed by atoms with E-state index in [-0.39, 0.29) is 24.0 Å². The van der Waals surface area contributed by atoms with Gasteiger partial charge in [-0.05, 0) is 56.9 Å². The summed E-state index contributed by atoms with van der Waals surface area (Å²) in [6, 6.07) is 10.7. The molecule has 1 saturated carbocycles.